The summed E-state index contributed by atoms with van der Waals surface area (Å²) in [6, 6.07) is 6.70. The molecule has 0 atom stereocenters. The molecule has 3 nitrogen and oxygen atoms in total. The van der Waals surface area contributed by atoms with Crippen molar-refractivity contribution in [2.24, 2.45) is 5.92 Å². The first-order valence-corrected chi connectivity index (χ1v) is 7.38. The number of rotatable bonds is 5. The van der Waals surface area contributed by atoms with E-state index in [0.29, 0.717) is 11.7 Å². The molecule has 0 aliphatic carbocycles. The fourth-order valence-electron chi connectivity index (χ4n) is 2.29. The highest BCUT2D eigenvalue weighted by atomic mass is 19.1. The number of hydrogen-bond donors (Lipinski definition) is 1. The van der Waals surface area contributed by atoms with Gasteiger partial charge in [0.2, 0.25) is 0 Å². The Morgan fingerprint density at radius 3 is 2.57 bits per heavy atom. The second kappa shape index (κ2) is 6.66. The molecule has 1 aromatic carbocycles. The molecule has 1 heterocycles. The molecule has 0 bridgehead atoms. The van der Waals surface area contributed by atoms with Crippen LogP contribution in [0.15, 0.2) is 24.3 Å². The maximum atomic E-state index is 13.3. The molecule has 0 spiro atoms. The molecule has 2 rings (SSSR count). The van der Waals surface area contributed by atoms with Gasteiger partial charge in [0.15, 0.2) is 5.82 Å². The topological polar surface area (TPSA) is 37.8 Å². The van der Waals surface area contributed by atoms with Gasteiger partial charge >= 0.3 is 0 Å². The fourth-order valence-corrected chi connectivity index (χ4v) is 2.29. The van der Waals surface area contributed by atoms with Crippen molar-refractivity contribution in [3.63, 3.8) is 0 Å². The monoisotopic (exact) mass is 287 g/mol. The molecule has 21 heavy (non-hydrogen) atoms. The Balaban J connectivity index is 2.48. The van der Waals surface area contributed by atoms with Crippen LogP contribution >= 0.6 is 0 Å². The van der Waals surface area contributed by atoms with Crippen molar-refractivity contribution >= 4 is 5.82 Å². The molecule has 0 saturated heterocycles. The van der Waals surface area contributed by atoms with Crippen LogP contribution in [0.3, 0.4) is 0 Å². The molecule has 1 aromatic heterocycles. The molecule has 0 amide bonds. The number of benzene rings is 1. The molecular weight excluding hydrogens is 265 g/mol. The highest BCUT2D eigenvalue weighted by molar-refractivity contribution is 5.61. The fraction of sp³-hybridized carbons (Fsp3) is 0.412. The zero-order chi connectivity index (χ0) is 15.4. The largest absolute Gasteiger partial charge is 0.370 e. The van der Waals surface area contributed by atoms with Crippen LogP contribution in [0.4, 0.5) is 10.2 Å². The van der Waals surface area contributed by atoms with E-state index in [1.165, 1.54) is 12.1 Å². The van der Waals surface area contributed by atoms with Gasteiger partial charge in [-0.15, -0.1) is 0 Å². The van der Waals surface area contributed by atoms with Crippen molar-refractivity contribution in [1.82, 2.24) is 9.97 Å². The van der Waals surface area contributed by atoms with Crippen molar-refractivity contribution in [3.05, 3.63) is 41.3 Å². The van der Waals surface area contributed by atoms with Gasteiger partial charge in [0, 0.05) is 23.9 Å². The lowest BCUT2D eigenvalue weighted by Crippen LogP contribution is -2.06. The summed E-state index contributed by atoms with van der Waals surface area (Å²) >= 11 is 0. The van der Waals surface area contributed by atoms with E-state index >= 15 is 0 Å². The number of halogens is 1. The van der Waals surface area contributed by atoms with E-state index in [2.05, 4.69) is 29.1 Å². The molecule has 112 valence electrons. The standard InChI is InChI=1S/C17H22FN3/c1-5-19-16-10-14(8-11(2)3)20-17(21-16)15-7-6-13(18)9-12(15)4/h6-7,9-11H,5,8H2,1-4H3,(H,19,20,21). The van der Waals surface area contributed by atoms with Crippen molar-refractivity contribution in [3.8, 4) is 11.4 Å². The number of aryl methyl sites for hydroxylation is 1. The predicted octanol–water partition coefficient (Wildman–Crippen LogP) is 4.22. The van der Waals surface area contributed by atoms with Crippen LogP contribution in [0.1, 0.15) is 32.0 Å². The summed E-state index contributed by atoms with van der Waals surface area (Å²) in [5.41, 5.74) is 2.73. The van der Waals surface area contributed by atoms with E-state index in [4.69, 9.17) is 0 Å². The molecule has 0 aliphatic heterocycles. The van der Waals surface area contributed by atoms with Crippen LogP contribution in [0.2, 0.25) is 0 Å². The van der Waals surface area contributed by atoms with Crippen molar-refractivity contribution in [1.29, 1.82) is 0 Å². The van der Waals surface area contributed by atoms with Crippen LogP contribution in [0.5, 0.6) is 0 Å². The first-order chi connectivity index (χ1) is 9.99. The second-order valence-corrected chi connectivity index (χ2v) is 5.66. The maximum absolute atomic E-state index is 13.3. The molecule has 4 heteroatoms. The van der Waals surface area contributed by atoms with Gasteiger partial charge < -0.3 is 5.32 Å². The van der Waals surface area contributed by atoms with Crippen LogP contribution in [-0.4, -0.2) is 16.5 Å². The van der Waals surface area contributed by atoms with Gasteiger partial charge in [-0.3, -0.25) is 0 Å². The molecular formula is C17H22FN3. The van der Waals surface area contributed by atoms with E-state index < -0.39 is 0 Å². The normalized spacial score (nSPS) is 11.0. The number of anilines is 1. The smallest absolute Gasteiger partial charge is 0.162 e. The van der Waals surface area contributed by atoms with Gasteiger partial charge in [-0.25, -0.2) is 14.4 Å². The summed E-state index contributed by atoms with van der Waals surface area (Å²) in [7, 11) is 0. The third-order valence-electron chi connectivity index (χ3n) is 3.18. The molecule has 0 saturated carbocycles. The summed E-state index contributed by atoms with van der Waals surface area (Å²) in [6.45, 7) is 9.05. The highest BCUT2D eigenvalue weighted by Crippen LogP contribution is 2.23. The van der Waals surface area contributed by atoms with Gasteiger partial charge in [-0.1, -0.05) is 13.8 Å². The average Bonchev–Trinajstić information content (AvgIpc) is 2.37. The van der Waals surface area contributed by atoms with Gasteiger partial charge in [0.25, 0.3) is 0 Å². The minimum atomic E-state index is -0.235. The molecule has 2 aromatic rings. The minimum absolute atomic E-state index is 0.235. The van der Waals surface area contributed by atoms with Gasteiger partial charge in [0.05, 0.1) is 0 Å². The first kappa shape index (κ1) is 15.4. The Bertz CT molecular complexity index is 623. The van der Waals surface area contributed by atoms with E-state index in [1.807, 2.05) is 19.9 Å². The van der Waals surface area contributed by atoms with E-state index in [1.54, 1.807) is 6.07 Å². The minimum Gasteiger partial charge on any atom is -0.370 e. The molecule has 0 radical (unpaired) electrons. The highest BCUT2D eigenvalue weighted by Gasteiger charge is 2.10. The lowest BCUT2D eigenvalue weighted by atomic mass is 10.1. The van der Waals surface area contributed by atoms with Gasteiger partial charge in [-0.05, 0) is 49.9 Å². The number of nitrogens with one attached hydrogen (secondary N) is 1. The van der Waals surface area contributed by atoms with Crippen molar-refractivity contribution in [2.75, 3.05) is 11.9 Å². The zero-order valence-corrected chi connectivity index (χ0v) is 13.1. The third kappa shape index (κ3) is 4.00. The summed E-state index contributed by atoms with van der Waals surface area (Å²) in [6.07, 6.45) is 0.897. The summed E-state index contributed by atoms with van der Waals surface area (Å²) in [5, 5.41) is 3.24. The molecule has 0 aliphatic rings. The van der Waals surface area contributed by atoms with Crippen molar-refractivity contribution < 1.29 is 4.39 Å². The third-order valence-corrected chi connectivity index (χ3v) is 3.18. The Hall–Kier alpha value is -1.97. The maximum Gasteiger partial charge on any atom is 0.162 e. The predicted molar refractivity (Wildman–Crippen MR) is 84.9 cm³/mol. The SMILES string of the molecule is CCNc1cc(CC(C)C)nc(-c2ccc(F)cc2C)n1. The Morgan fingerprint density at radius 2 is 1.95 bits per heavy atom. The van der Waals surface area contributed by atoms with Crippen LogP contribution in [-0.2, 0) is 6.42 Å². The number of aromatic nitrogens is 2. The summed E-state index contributed by atoms with van der Waals surface area (Å²) < 4.78 is 13.3. The average molecular weight is 287 g/mol. The summed E-state index contributed by atoms with van der Waals surface area (Å²) in [4.78, 5) is 9.19. The Labute approximate surface area is 125 Å². The van der Waals surface area contributed by atoms with Gasteiger partial charge in [-0.2, -0.15) is 0 Å². The molecule has 0 fully saturated rings. The summed E-state index contributed by atoms with van der Waals surface area (Å²) in [5.74, 6) is 1.77. The second-order valence-electron chi connectivity index (χ2n) is 5.66. The van der Waals surface area contributed by atoms with Gasteiger partial charge in [0.1, 0.15) is 11.6 Å². The lowest BCUT2D eigenvalue weighted by molar-refractivity contribution is 0.626. The van der Waals surface area contributed by atoms with E-state index in [-0.39, 0.29) is 5.82 Å². The number of hydrogen-bond acceptors (Lipinski definition) is 3. The quantitative estimate of drug-likeness (QED) is 0.894. The van der Waals surface area contributed by atoms with Crippen LogP contribution in [0, 0.1) is 18.7 Å². The van der Waals surface area contributed by atoms with E-state index in [0.717, 1.165) is 35.6 Å². The Kier molecular flexibility index (Phi) is 4.89. The number of nitrogens with zero attached hydrogens (tertiary/aromatic N) is 2. The van der Waals surface area contributed by atoms with E-state index in [9.17, 15) is 4.39 Å². The Morgan fingerprint density at radius 1 is 1.19 bits per heavy atom. The van der Waals surface area contributed by atoms with Crippen molar-refractivity contribution in [2.45, 2.75) is 34.1 Å². The molecule has 1 N–H and O–H groups in total. The van der Waals surface area contributed by atoms with Crippen LogP contribution in [0.25, 0.3) is 11.4 Å². The molecule has 0 unspecified atom stereocenters. The lowest BCUT2D eigenvalue weighted by Gasteiger charge is -2.12. The first-order valence-electron chi connectivity index (χ1n) is 7.38. The van der Waals surface area contributed by atoms with Crippen LogP contribution < -0.4 is 5.32 Å². The zero-order valence-electron chi connectivity index (χ0n) is 13.1.